The monoisotopic (exact) mass is 490 g/mol. The highest BCUT2D eigenvalue weighted by atomic mass is 32.3. The van der Waals surface area contributed by atoms with Crippen LogP contribution in [0.2, 0.25) is 0 Å². The quantitative estimate of drug-likeness (QED) is 0.0768. The molecule has 21 heteroatoms. The fourth-order valence-electron chi connectivity index (χ4n) is 3.68. The summed E-state index contributed by atoms with van der Waals surface area (Å²) in [5.74, 6) is -4.58. The molecule has 0 aromatic rings. The molecule has 1 spiro atoms. The molecule has 0 saturated carbocycles. The summed E-state index contributed by atoms with van der Waals surface area (Å²) in [6.45, 7) is -1.74. The van der Waals surface area contributed by atoms with Crippen LogP contribution < -0.4 is 16.2 Å². The van der Waals surface area contributed by atoms with Crippen molar-refractivity contribution in [3.05, 3.63) is 0 Å². The molecular weight excluding hydrogens is 474 g/mol. The fraction of sp³-hybridized carbons (Fsp3) is 0.700. The summed E-state index contributed by atoms with van der Waals surface area (Å²) >= 11 is 0. The van der Waals surface area contributed by atoms with Crippen molar-refractivity contribution in [1.82, 2.24) is 15.3 Å². The first-order valence-corrected chi connectivity index (χ1v) is 10.7. The van der Waals surface area contributed by atoms with Crippen LogP contribution in [0.15, 0.2) is 9.39 Å². The lowest BCUT2D eigenvalue weighted by Gasteiger charge is -2.53. The second-order valence-electron chi connectivity index (χ2n) is 6.55. The number of rotatable bonds is 5. The molecule has 0 aromatic heterocycles. The second-order valence-corrected chi connectivity index (χ2v) is 8.68. The van der Waals surface area contributed by atoms with Gasteiger partial charge in [-0.3, -0.25) is 19.7 Å². The molecule has 0 radical (unpaired) electrons. The van der Waals surface area contributed by atoms with Crippen LogP contribution in [0.3, 0.4) is 0 Å². The van der Waals surface area contributed by atoms with Gasteiger partial charge < -0.3 is 36.0 Å². The number of aliphatic hydroxyl groups is 2. The number of ether oxygens (including phenoxy) is 1. The van der Waals surface area contributed by atoms with Crippen LogP contribution in [0, 0.1) is 5.41 Å². The van der Waals surface area contributed by atoms with Gasteiger partial charge in [-0.05, 0) is 0 Å². The number of aliphatic imine (C=N–C) groups is 1. The number of hydrogen-bond acceptors (Lipinski definition) is 14. The molecule has 2 saturated heterocycles. The predicted octanol–water partition coefficient (Wildman–Crippen LogP) is -6.30. The summed E-state index contributed by atoms with van der Waals surface area (Å²) < 4.78 is 72.0. The van der Waals surface area contributed by atoms with Gasteiger partial charge >= 0.3 is 20.7 Å². The van der Waals surface area contributed by atoms with Crippen LogP contribution in [0.25, 0.3) is 0 Å². The third-order valence-electron chi connectivity index (χ3n) is 4.77. The van der Waals surface area contributed by atoms with Gasteiger partial charge in [0.25, 0.3) is 0 Å². The highest BCUT2D eigenvalue weighted by Crippen LogP contribution is 2.47. The number of nitrogens with one attached hydrogen (secondary N) is 2. The third kappa shape index (κ3) is 3.80. The summed E-state index contributed by atoms with van der Waals surface area (Å²) in [6, 6.07) is -3.23. The summed E-state index contributed by atoms with van der Waals surface area (Å²) in [6.07, 6.45) is -3.91. The molecule has 3 aliphatic rings. The minimum atomic E-state index is -5.20. The van der Waals surface area contributed by atoms with Crippen LogP contribution in [0.4, 0.5) is 0 Å². The maximum absolute atomic E-state index is 11.4. The van der Waals surface area contributed by atoms with Gasteiger partial charge in [0.05, 0.1) is 12.6 Å². The summed E-state index contributed by atoms with van der Waals surface area (Å²) in [5, 5.41) is 53.8. The number of guanidine groups is 2. The van der Waals surface area contributed by atoms with E-state index in [4.69, 9.17) is 20.2 Å². The molecule has 0 bridgehead atoms. The molecule has 19 nitrogen and oxygen atoms in total. The van der Waals surface area contributed by atoms with Crippen molar-refractivity contribution in [2.45, 2.75) is 29.6 Å². The minimum absolute atomic E-state index is 0.152. The van der Waals surface area contributed by atoms with Crippen LogP contribution in [0.1, 0.15) is 0 Å². The molecule has 3 rings (SSSR count). The van der Waals surface area contributed by atoms with E-state index < -0.39 is 81.5 Å². The standard InChI is InChI=1S/C10H17N7O12S2/c11-6-13-5-3(2-28-8(18)15-30(22,23)24)17(21)7(12)16-1-4(29-31(25,26)27)10(19,20)9(5,16)14-6/h3-5,12,19-21H,1-2H2,(H,15,18)(H3,11,13,14)(H,22,23,24)(H,25,26,27)/p-1/t3-,4+,5-,9-/m0/s1. The Balaban J connectivity index is 2.00. The number of hydroxylamine groups is 2. The third-order valence-corrected chi connectivity index (χ3v) is 5.62. The topological polar surface area (TPSA) is 304 Å². The van der Waals surface area contributed by atoms with Gasteiger partial charge in [-0.25, -0.2) is 14.2 Å². The van der Waals surface area contributed by atoms with E-state index >= 15 is 0 Å². The van der Waals surface area contributed by atoms with E-state index in [9.17, 15) is 37.4 Å². The molecule has 4 atom stereocenters. The lowest BCUT2D eigenvalue weighted by Crippen LogP contribution is -2.80. The minimum Gasteiger partial charge on any atom is -0.597 e. The van der Waals surface area contributed by atoms with Crippen molar-refractivity contribution in [2.24, 2.45) is 15.1 Å². The SMILES string of the molecule is N=C1N(O)[C@@H](COC([O-])=NS(=O)(=O)O)[C@@H]2N=C(N)N[C@]23N1C[C@@H](OS(=O)(=O)O)C3(O)O. The summed E-state index contributed by atoms with van der Waals surface area (Å²) in [4.78, 5) is 4.59. The zero-order valence-corrected chi connectivity index (χ0v) is 16.6. The highest BCUT2D eigenvalue weighted by Gasteiger charge is 2.75. The summed E-state index contributed by atoms with van der Waals surface area (Å²) in [5.41, 5.74) is 3.26. The summed E-state index contributed by atoms with van der Waals surface area (Å²) in [7, 11) is -10.3. The molecule has 3 aliphatic heterocycles. The Hall–Kier alpha value is -2.53. The normalized spacial score (nSPS) is 32.9. The van der Waals surface area contributed by atoms with Gasteiger partial charge in [-0.15, -0.1) is 4.40 Å². The van der Waals surface area contributed by atoms with Crippen molar-refractivity contribution in [3.63, 3.8) is 0 Å². The van der Waals surface area contributed by atoms with E-state index in [0.717, 1.165) is 4.90 Å². The van der Waals surface area contributed by atoms with Gasteiger partial charge in [0, 0.05) is 6.61 Å². The molecule has 31 heavy (non-hydrogen) atoms. The molecule has 0 amide bonds. The van der Waals surface area contributed by atoms with Crippen molar-refractivity contribution < 1.29 is 55.4 Å². The number of nitrogens with two attached hydrogens (primary N) is 1. The molecule has 9 N–H and O–H groups in total. The fourth-order valence-corrected chi connectivity index (χ4v) is 4.41. The smallest absolute Gasteiger partial charge is 0.397 e. The zero-order chi connectivity index (χ0) is 23.6. The average Bonchev–Trinajstić information content (AvgIpc) is 3.02. The van der Waals surface area contributed by atoms with E-state index in [2.05, 4.69) is 23.6 Å². The van der Waals surface area contributed by atoms with Gasteiger partial charge in [-0.1, -0.05) is 0 Å². The maximum Gasteiger partial charge on any atom is 0.397 e. The van der Waals surface area contributed by atoms with Gasteiger partial charge in [0.1, 0.15) is 6.04 Å². The molecular formula is C10H16N7O12S2-. The van der Waals surface area contributed by atoms with E-state index in [-0.39, 0.29) is 5.06 Å². The van der Waals surface area contributed by atoms with Crippen molar-refractivity contribution >= 4 is 38.7 Å². The van der Waals surface area contributed by atoms with Crippen LogP contribution in [-0.2, 0) is 29.6 Å². The van der Waals surface area contributed by atoms with Crippen LogP contribution in [0.5, 0.6) is 0 Å². The number of nitrogens with zero attached hydrogens (tertiary/aromatic N) is 4. The highest BCUT2D eigenvalue weighted by molar-refractivity contribution is 7.84. The van der Waals surface area contributed by atoms with Crippen LogP contribution in [-0.4, -0.2) is 112 Å². The number of hydrogen-bond donors (Lipinski definition) is 8. The lowest BCUT2D eigenvalue weighted by molar-refractivity contribution is -0.270. The molecule has 176 valence electrons. The van der Waals surface area contributed by atoms with Gasteiger partial charge in [-0.2, -0.15) is 16.8 Å². The Morgan fingerprint density at radius 1 is 1.39 bits per heavy atom. The Morgan fingerprint density at radius 2 is 2.00 bits per heavy atom. The van der Waals surface area contributed by atoms with E-state index in [0.29, 0.717) is 0 Å². The first-order valence-electron chi connectivity index (χ1n) is 7.93. The average molecular weight is 490 g/mol. The van der Waals surface area contributed by atoms with Gasteiger partial charge in [0.15, 0.2) is 23.8 Å². The van der Waals surface area contributed by atoms with Crippen molar-refractivity contribution in [2.75, 3.05) is 13.2 Å². The van der Waals surface area contributed by atoms with E-state index in [1.807, 2.05) is 0 Å². The van der Waals surface area contributed by atoms with Gasteiger partial charge in [0.2, 0.25) is 11.7 Å². The Kier molecular flexibility index (Phi) is 5.22. The van der Waals surface area contributed by atoms with Crippen molar-refractivity contribution in [1.29, 1.82) is 5.41 Å². The lowest BCUT2D eigenvalue weighted by atomic mass is 9.85. The second kappa shape index (κ2) is 6.99. The Bertz CT molecular complexity index is 1060. The Morgan fingerprint density at radius 3 is 2.55 bits per heavy atom. The molecule has 0 unspecified atom stereocenters. The Labute approximate surface area is 173 Å². The van der Waals surface area contributed by atoms with Crippen LogP contribution >= 0.6 is 0 Å². The van der Waals surface area contributed by atoms with Crippen molar-refractivity contribution in [3.8, 4) is 0 Å². The van der Waals surface area contributed by atoms with E-state index in [1.54, 1.807) is 0 Å². The molecule has 0 aromatic carbocycles. The zero-order valence-electron chi connectivity index (χ0n) is 14.9. The first kappa shape index (κ1) is 23.1. The largest absolute Gasteiger partial charge is 0.597 e. The first-order chi connectivity index (χ1) is 14.0. The molecule has 3 heterocycles. The van der Waals surface area contributed by atoms with E-state index in [1.165, 1.54) is 0 Å². The molecule has 2 fully saturated rings. The predicted molar refractivity (Wildman–Crippen MR) is 91.6 cm³/mol. The maximum atomic E-state index is 11.4. The molecule has 0 aliphatic carbocycles.